The van der Waals surface area contributed by atoms with E-state index in [4.69, 9.17) is 4.74 Å². The quantitative estimate of drug-likeness (QED) is 0.220. The van der Waals surface area contributed by atoms with E-state index in [1.54, 1.807) is 12.5 Å². The Balaban J connectivity index is 1.20. The van der Waals surface area contributed by atoms with Gasteiger partial charge in [0, 0.05) is 44.2 Å². The highest BCUT2D eigenvalue weighted by Gasteiger charge is 2.61. The zero-order valence-corrected chi connectivity index (χ0v) is 30.2. The molecule has 1 heterocycles. The Bertz CT molecular complexity index is 1570. The van der Waals surface area contributed by atoms with E-state index in [9.17, 15) is 24.0 Å². The Morgan fingerprint density at radius 2 is 1.59 bits per heavy atom. The largest absolute Gasteiger partial charge is 0.467 e. The molecule has 0 aliphatic heterocycles. The van der Waals surface area contributed by atoms with Gasteiger partial charge < -0.3 is 30.6 Å². The third-order valence-corrected chi connectivity index (χ3v) is 12.0. The number of nitrogens with one attached hydrogen (secondary N) is 4. The minimum atomic E-state index is -0.892. The van der Waals surface area contributed by atoms with Crippen LogP contribution in [0.4, 0.5) is 0 Å². The van der Waals surface area contributed by atoms with Gasteiger partial charge in [0.1, 0.15) is 18.1 Å². The second-order valence-corrected chi connectivity index (χ2v) is 16.0. The van der Waals surface area contributed by atoms with Gasteiger partial charge in [0.15, 0.2) is 0 Å². The fourth-order valence-corrected chi connectivity index (χ4v) is 10.0. The van der Waals surface area contributed by atoms with Crippen LogP contribution in [0.15, 0.2) is 42.9 Å². The maximum atomic E-state index is 14.6. The SMILES string of the molecule is COC(=O)[C@H](Cc1ccccc1)NC(=O)[C@H](CC1CCCCC1)NC(=O)C12C[C@@H]3C[C@@H](CC(NC(=O)[C@H](Cc4cncn4C)NC(C)=O)(C3)C1)C2. The second kappa shape index (κ2) is 15.6. The zero-order valence-electron chi connectivity index (χ0n) is 30.2. The van der Waals surface area contributed by atoms with Gasteiger partial charge in [-0.1, -0.05) is 62.4 Å². The zero-order chi connectivity index (χ0) is 36.2. The van der Waals surface area contributed by atoms with E-state index < -0.39 is 35.0 Å². The van der Waals surface area contributed by atoms with Crippen molar-refractivity contribution in [2.75, 3.05) is 7.11 Å². The third-order valence-electron chi connectivity index (χ3n) is 12.0. The van der Waals surface area contributed by atoms with Crippen molar-refractivity contribution in [3.63, 3.8) is 0 Å². The van der Waals surface area contributed by atoms with Gasteiger partial charge in [0.05, 0.1) is 18.9 Å². The second-order valence-electron chi connectivity index (χ2n) is 16.0. The van der Waals surface area contributed by atoms with Gasteiger partial charge in [0.2, 0.25) is 23.6 Å². The topological polar surface area (TPSA) is 161 Å². The smallest absolute Gasteiger partial charge is 0.328 e. The van der Waals surface area contributed by atoms with Gasteiger partial charge >= 0.3 is 5.97 Å². The van der Waals surface area contributed by atoms with E-state index in [1.165, 1.54) is 20.5 Å². The van der Waals surface area contributed by atoms with Crippen LogP contribution in [0.5, 0.6) is 0 Å². The lowest BCUT2D eigenvalue weighted by atomic mass is 9.46. The van der Waals surface area contributed by atoms with Crippen molar-refractivity contribution in [3.8, 4) is 0 Å². The molecule has 5 aliphatic rings. The molecule has 2 aromatic rings. The first kappa shape index (κ1) is 36.6. The number of rotatable bonds is 14. The fraction of sp³-hybridized carbons (Fsp3) is 0.641. The summed E-state index contributed by atoms with van der Waals surface area (Å²) in [6.45, 7) is 1.41. The number of methoxy groups -OCH3 is 1. The van der Waals surface area contributed by atoms with Gasteiger partial charge in [-0.25, -0.2) is 9.78 Å². The first-order valence-electron chi connectivity index (χ1n) is 18.7. The lowest BCUT2D eigenvalue weighted by Gasteiger charge is -2.61. The molecule has 12 nitrogen and oxygen atoms in total. The van der Waals surface area contributed by atoms with Crippen molar-refractivity contribution < 1.29 is 28.7 Å². The van der Waals surface area contributed by atoms with E-state index in [0.29, 0.717) is 38.0 Å². The Morgan fingerprint density at radius 3 is 2.22 bits per heavy atom. The average molecular weight is 703 g/mol. The number of carbonyl (C=O) groups is 5. The van der Waals surface area contributed by atoms with Crippen LogP contribution in [0.25, 0.3) is 0 Å². The summed E-state index contributed by atoms with van der Waals surface area (Å²) >= 11 is 0. The third kappa shape index (κ3) is 8.64. The number of aromatic nitrogens is 2. The van der Waals surface area contributed by atoms with Crippen LogP contribution < -0.4 is 21.3 Å². The molecular weight excluding hydrogens is 648 g/mol. The Morgan fingerprint density at radius 1 is 0.882 bits per heavy atom. The molecule has 12 heteroatoms. The maximum Gasteiger partial charge on any atom is 0.328 e. The highest BCUT2D eigenvalue weighted by Crippen LogP contribution is 2.61. The van der Waals surface area contributed by atoms with Crippen LogP contribution in [-0.4, -0.2) is 69.9 Å². The summed E-state index contributed by atoms with van der Waals surface area (Å²) in [6.07, 6.45) is 14.3. The summed E-state index contributed by atoms with van der Waals surface area (Å²) in [5, 5.41) is 12.4. The highest BCUT2D eigenvalue weighted by molar-refractivity contribution is 5.93. The van der Waals surface area contributed by atoms with E-state index in [2.05, 4.69) is 26.3 Å². The number of esters is 1. The Labute approximate surface area is 300 Å². The van der Waals surface area contributed by atoms with E-state index in [-0.39, 0.29) is 41.9 Å². The van der Waals surface area contributed by atoms with Crippen LogP contribution >= 0.6 is 0 Å². The molecule has 276 valence electrons. The molecule has 0 saturated heterocycles. The van der Waals surface area contributed by atoms with Crippen molar-refractivity contribution in [2.24, 2.45) is 30.2 Å². The van der Waals surface area contributed by atoms with Crippen molar-refractivity contribution in [3.05, 3.63) is 54.1 Å². The molecule has 51 heavy (non-hydrogen) atoms. The minimum Gasteiger partial charge on any atom is -0.467 e. The van der Waals surface area contributed by atoms with Crippen LogP contribution in [0.1, 0.15) is 95.2 Å². The number of hydrogen-bond acceptors (Lipinski definition) is 7. The van der Waals surface area contributed by atoms with E-state index in [0.717, 1.165) is 56.2 Å². The molecule has 4 N–H and O–H groups in total. The molecule has 5 aliphatic carbocycles. The lowest BCUT2D eigenvalue weighted by Crippen LogP contribution is -2.68. The number of carbonyl (C=O) groups excluding carboxylic acids is 5. The summed E-state index contributed by atoms with van der Waals surface area (Å²) in [5.74, 6) is -0.756. The molecule has 7 rings (SSSR count). The van der Waals surface area contributed by atoms with Crippen LogP contribution in [-0.2, 0) is 48.6 Å². The molecule has 1 aromatic carbocycles. The molecule has 0 spiro atoms. The molecule has 5 fully saturated rings. The van der Waals surface area contributed by atoms with Gasteiger partial charge in [-0.15, -0.1) is 0 Å². The Hall–Kier alpha value is -4.22. The summed E-state index contributed by atoms with van der Waals surface area (Å²) in [6, 6.07) is 7.01. The van der Waals surface area contributed by atoms with Crippen molar-refractivity contribution in [1.82, 2.24) is 30.8 Å². The number of aryl methyl sites for hydroxylation is 1. The van der Waals surface area contributed by atoms with Crippen LogP contribution in [0, 0.1) is 23.2 Å². The van der Waals surface area contributed by atoms with Crippen LogP contribution in [0.2, 0.25) is 0 Å². The lowest BCUT2D eigenvalue weighted by molar-refractivity contribution is -0.155. The highest BCUT2D eigenvalue weighted by atomic mass is 16.5. The standard InChI is InChI=1S/C39H54N6O6/c1-25(46)41-32(17-30-22-40-24-45(30)2)35(48)44-39-20-28-14-29(21-39)19-38(18-28,23-39)37(50)43-31(15-26-10-6-4-7-11-26)34(47)42-33(36(49)51-3)16-27-12-8-5-9-13-27/h5,8-9,12-13,22,24,26,28-29,31-33H,4,6-7,10-11,14-21,23H2,1-3H3,(H,41,46)(H,42,47)(H,43,50)(H,44,48)/t28-,29+,31-,32-,33-,38?,39?/m0/s1. The molecule has 0 radical (unpaired) electrons. The van der Waals surface area contributed by atoms with Gasteiger partial charge in [-0.3, -0.25) is 19.2 Å². The van der Waals surface area contributed by atoms with Gasteiger partial charge in [0.25, 0.3) is 0 Å². The maximum absolute atomic E-state index is 14.6. The van der Waals surface area contributed by atoms with Gasteiger partial charge in [-0.2, -0.15) is 0 Å². The molecule has 1 aromatic heterocycles. The molecule has 4 bridgehead atoms. The predicted octanol–water partition coefficient (Wildman–Crippen LogP) is 3.28. The molecule has 4 amide bonds. The first-order valence-corrected chi connectivity index (χ1v) is 18.7. The van der Waals surface area contributed by atoms with Crippen LogP contribution in [0.3, 0.4) is 0 Å². The number of nitrogens with zero attached hydrogens (tertiary/aromatic N) is 2. The summed E-state index contributed by atoms with van der Waals surface area (Å²) in [4.78, 5) is 71.8. The normalized spacial score (nSPS) is 27.1. The van der Waals surface area contributed by atoms with Crippen molar-refractivity contribution in [2.45, 2.75) is 120 Å². The summed E-state index contributed by atoms with van der Waals surface area (Å²) < 4.78 is 6.91. The number of benzene rings is 1. The monoisotopic (exact) mass is 702 g/mol. The Kier molecular flexibility index (Phi) is 11.2. The summed E-state index contributed by atoms with van der Waals surface area (Å²) in [7, 11) is 3.17. The first-order chi connectivity index (χ1) is 24.5. The summed E-state index contributed by atoms with van der Waals surface area (Å²) in [5.41, 5.74) is 0.419. The number of imidazole rings is 1. The molecule has 2 unspecified atom stereocenters. The average Bonchev–Trinajstić information content (AvgIpc) is 3.50. The van der Waals surface area contributed by atoms with Gasteiger partial charge in [-0.05, 0) is 68.3 Å². The molecule has 7 atom stereocenters. The van der Waals surface area contributed by atoms with E-state index >= 15 is 0 Å². The van der Waals surface area contributed by atoms with E-state index in [1.807, 2.05) is 41.9 Å². The fourth-order valence-electron chi connectivity index (χ4n) is 10.0. The number of hydrogen-bond donors (Lipinski definition) is 4. The van der Waals surface area contributed by atoms with Crippen molar-refractivity contribution in [1.29, 1.82) is 0 Å². The minimum absolute atomic E-state index is 0.142. The predicted molar refractivity (Wildman–Crippen MR) is 190 cm³/mol. The number of ether oxygens (including phenoxy) is 1. The number of amides is 4. The van der Waals surface area contributed by atoms with Crippen molar-refractivity contribution >= 4 is 29.6 Å². The molecule has 5 saturated carbocycles. The molecular formula is C39H54N6O6.